The van der Waals surface area contributed by atoms with Crippen LogP contribution in [0.15, 0.2) is 18.2 Å². The van der Waals surface area contributed by atoms with Gasteiger partial charge in [0.25, 0.3) is 5.91 Å². The Kier molecular flexibility index (Phi) is 3.74. The van der Waals surface area contributed by atoms with Crippen LogP contribution in [0.5, 0.6) is 0 Å². The van der Waals surface area contributed by atoms with Crippen molar-refractivity contribution in [1.82, 2.24) is 5.32 Å². The molecule has 0 fully saturated rings. The van der Waals surface area contributed by atoms with Crippen LogP contribution in [-0.4, -0.2) is 35.5 Å². The van der Waals surface area contributed by atoms with Gasteiger partial charge in [-0.1, -0.05) is 0 Å². The van der Waals surface area contributed by atoms with Gasteiger partial charge in [0, 0.05) is 24.7 Å². The van der Waals surface area contributed by atoms with Crippen LogP contribution in [-0.2, 0) is 16.0 Å². The number of carbonyl (C=O) groups is 3. The zero-order valence-electron chi connectivity index (χ0n) is 11.3. The fourth-order valence-electron chi connectivity index (χ4n) is 2.21. The summed E-state index contributed by atoms with van der Waals surface area (Å²) in [5.41, 5.74) is 2.15. The number of nitrogens with zero attached hydrogens (tertiary/aromatic N) is 1. The summed E-state index contributed by atoms with van der Waals surface area (Å²) in [6.07, 6.45) is 0.699. The average molecular weight is 276 g/mol. The third-order valence-corrected chi connectivity index (χ3v) is 3.34. The van der Waals surface area contributed by atoms with Crippen molar-refractivity contribution in [3.63, 3.8) is 0 Å². The molecule has 0 aliphatic carbocycles. The lowest BCUT2D eigenvalue weighted by Crippen LogP contribution is -2.38. The van der Waals surface area contributed by atoms with Gasteiger partial charge in [0.05, 0.1) is 0 Å². The number of carboxylic acids is 1. The molecule has 1 heterocycles. The molecule has 0 bridgehead atoms. The number of benzene rings is 1. The lowest BCUT2D eigenvalue weighted by atomic mass is 10.1. The van der Waals surface area contributed by atoms with Crippen LogP contribution in [0.1, 0.15) is 29.8 Å². The van der Waals surface area contributed by atoms with Crippen molar-refractivity contribution in [3.05, 3.63) is 29.3 Å². The highest BCUT2D eigenvalue weighted by Crippen LogP contribution is 2.28. The van der Waals surface area contributed by atoms with Crippen LogP contribution >= 0.6 is 0 Å². The first-order chi connectivity index (χ1) is 9.40. The molecule has 2 rings (SSSR count). The first kappa shape index (κ1) is 14.0. The van der Waals surface area contributed by atoms with E-state index in [0.29, 0.717) is 18.5 Å². The molecule has 1 aromatic carbocycles. The number of nitrogens with one attached hydrogen (secondary N) is 1. The van der Waals surface area contributed by atoms with E-state index in [-0.39, 0.29) is 5.91 Å². The highest BCUT2D eigenvalue weighted by molar-refractivity contribution is 5.99. The third-order valence-electron chi connectivity index (χ3n) is 3.34. The Balaban J connectivity index is 2.18. The molecule has 0 radical (unpaired) electrons. The van der Waals surface area contributed by atoms with Gasteiger partial charge < -0.3 is 15.3 Å². The first-order valence-corrected chi connectivity index (χ1v) is 6.35. The number of rotatable bonds is 3. The zero-order chi connectivity index (χ0) is 14.9. The number of carboxylic acid groups (broad SMARTS) is 1. The van der Waals surface area contributed by atoms with E-state index < -0.39 is 17.9 Å². The van der Waals surface area contributed by atoms with Crippen LogP contribution in [0.4, 0.5) is 5.69 Å². The second-order valence-corrected chi connectivity index (χ2v) is 4.80. The van der Waals surface area contributed by atoms with E-state index in [4.69, 9.17) is 5.11 Å². The van der Waals surface area contributed by atoms with Gasteiger partial charge in [0.15, 0.2) is 0 Å². The van der Waals surface area contributed by atoms with Gasteiger partial charge in [0.1, 0.15) is 6.04 Å². The Labute approximate surface area is 116 Å². The molecule has 0 aromatic heterocycles. The second kappa shape index (κ2) is 5.32. The number of hydrogen-bond donors (Lipinski definition) is 2. The number of hydrogen-bond acceptors (Lipinski definition) is 3. The molecule has 1 aromatic rings. The van der Waals surface area contributed by atoms with E-state index in [0.717, 1.165) is 11.3 Å². The van der Waals surface area contributed by atoms with Crippen molar-refractivity contribution >= 4 is 23.5 Å². The average Bonchev–Trinajstić information content (AvgIpc) is 2.81. The molecule has 20 heavy (non-hydrogen) atoms. The van der Waals surface area contributed by atoms with Gasteiger partial charge in [-0.05, 0) is 37.1 Å². The summed E-state index contributed by atoms with van der Waals surface area (Å²) in [5.74, 6) is -1.54. The van der Waals surface area contributed by atoms with Gasteiger partial charge in [-0.15, -0.1) is 0 Å². The maximum absolute atomic E-state index is 11.9. The molecule has 2 N–H and O–H groups in total. The van der Waals surface area contributed by atoms with Gasteiger partial charge in [0.2, 0.25) is 5.91 Å². The van der Waals surface area contributed by atoms with Crippen LogP contribution in [0, 0.1) is 0 Å². The predicted octanol–water partition coefficient (Wildman–Crippen LogP) is 0.798. The minimum Gasteiger partial charge on any atom is -0.480 e. The number of carbonyl (C=O) groups excluding carboxylic acids is 2. The number of aliphatic carboxylic acids is 1. The van der Waals surface area contributed by atoms with Crippen molar-refractivity contribution < 1.29 is 19.5 Å². The summed E-state index contributed by atoms with van der Waals surface area (Å²) in [7, 11) is 0. The summed E-state index contributed by atoms with van der Waals surface area (Å²) < 4.78 is 0. The summed E-state index contributed by atoms with van der Waals surface area (Å²) >= 11 is 0. The topological polar surface area (TPSA) is 86.7 Å². The molecule has 2 amide bonds. The van der Waals surface area contributed by atoms with Crippen LogP contribution in [0.25, 0.3) is 0 Å². The predicted molar refractivity (Wildman–Crippen MR) is 72.7 cm³/mol. The summed E-state index contributed by atoms with van der Waals surface area (Å²) in [5, 5.41) is 11.2. The summed E-state index contributed by atoms with van der Waals surface area (Å²) in [6.45, 7) is 3.52. The Bertz CT molecular complexity index is 583. The van der Waals surface area contributed by atoms with Crippen LogP contribution < -0.4 is 10.2 Å². The quantitative estimate of drug-likeness (QED) is 0.855. The van der Waals surface area contributed by atoms with Crippen molar-refractivity contribution in [2.75, 3.05) is 11.4 Å². The van der Waals surface area contributed by atoms with Crippen LogP contribution in [0.3, 0.4) is 0 Å². The Morgan fingerprint density at radius 3 is 2.65 bits per heavy atom. The Morgan fingerprint density at radius 2 is 2.05 bits per heavy atom. The SMILES string of the molecule is CC(=O)N1CCc2cc(C(=O)NC(C)C(=O)O)ccc21. The van der Waals surface area contributed by atoms with E-state index >= 15 is 0 Å². The van der Waals surface area contributed by atoms with Crippen molar-refractivity contribution in [2.45, 2.75) is 26.3 Å². The van der Waals surface area contributed by atoms with E-state index in [1.807, 2.05) is 0 Å². The van der Waals surface area contributed by atoms with Crippen molar-refractivity contribution in [3.8, 4) is 0 Å². The smallest absolute Gasteiger partial charge is 0.325 e. The molecule has 1 aliphatic rings. The number of fused-ring (bicyclic) bond motifs is 1. The highest BCUT2D eigenvalue weighted by Gasteiger charge is 2.23. The Hall–Kier alpha value is -2.37. The number of amides is 2. The van der Waals surface area contributed by atoms with Crippen molar-refractivity contribution in [2.24, 2.45) is 0 Å². The van der Waals surface area contributed by atoms with E-state index in [1.54, 1.807) is 23.1 Å². The monoisotopic (exact) mass is 276 g/mol. The lowest BCUT2D eigenvalue weighted by Gasteiger charge is -2.15. The standard InChI is InChI=1S/C14H16N2O4/c1-8(14(19)20)15-13(18)11-3-4-12-10(7-11)5-6-16(12)9(2)17/h3-4,7-8H,5-6H2,1-2H3,(H,15,18)(H,19,20). The fourth-order valence-corrected chi connectivity index (χ4v) is 2.21. The summed E-state index contributed by atoms with van der Waals surface area (Å²) in [4.78, 5) is 35.7. The van der Waals surface area contributed by atoms with Crippen LogP contribution in [0.2, 0.25) is 0 Å². The molecule has 0 saturated carbocycles. The molecule has 1 unspecified atom stereocenters. The highest BCUT2D eigenvalue weighted by atomic mass is 16.4. The van der Waals surface area contributed by atoms with E-state index in [9.17, 15) is 14.4 Å². The van der Waals surface area contributed by atoms with Crippen molar-refractivity contribution in [1.29, 1.82) is 0 Å². The molecular formula is C14H16N2O4. The molecule has 0 saturated heterocycles. The largest absolute Gasteiger partial charge is 0.480 e. The third kappa shape index (κ3) is 2.64. The second-order valence-electron chi connectivity index (χ2n) is 4.80. The first-order valence-electron chi connectivity index (χ1n) is 6.35. The van der Waals surface area contributed by atoms with E-state index in [1.165, 1.54) is 13.8 Å². The lowest BCUT2D eigenvalue weighted by molar-refractivity contribution is -0.138. The molecule has 0 spiro atoms. The zero-order valence-corrected chi connectivity index (χ0v) is 11.3. The minimum atomic E-state index is -1.08. The Morgan fingerprint density at radius 1 is 1.35 bits per heavy atom. The molecule has 6 nitrogen and oxygen atoms in total. The molecular weight excluding hydrogens is 260 g/mol. The minimum absolute atomic E-state index is 0.0274. The maximum Gasteiger partial charge on any atom is 0.325 e. The van der Waals surface area contributed by atoms with Gasteiger partial charge in [-0.2, -0.15) is 0 Å². The number of anilines is 1. The van der Waals surface area contributed by atoms with Gasteiger partial charge >= 0.3 is 5.97 Å². The molecule has 1 atom stereocenters. The molecule has 1 aliphatic heterocycles. The summed E-state index contributed by atoms with van der Waals surface area (Å²) in [6, 6.07) is 4.10. The normalized spacial score (nSPS) is 14.6. The molecule has 106 valence electrons. The maximum atomic E-state index is 11.9. The van der Waals surface area contributed by atoms with E-state index in [2.05, 4.69) is 5.32 Å². The molecule has 6 heteroatoms. The van der Waals surface area contributed by atoms with Gasteiger partial charge in [-0.3, -0.25) is 14.4 Å². The van der Waals surface area contributed by atoms with Gasteiger partial charge in [-0.25, -0.2) is 0 Å². The fraction of sp³-hybridized carbons (Fsp3) is 0.357.